The molecular weight excluding hydrogens is 290 g/mol. The lowest BCUT2D eigenvalue weighted by molar-refractivity contribution is 0.117. The molecule has 0 aromatic carbocycles. The summed E-state index contributed by atoms with van der Waals surface area (Å²) in [6, 6.07) is 0. The van der Waals surface area contributed by atoms with Gasteiger partial charge in [0.15, 0.2) is 5.75 Å². The molecule has 1 fully saturated rings. The molecule has 21 heavy (non-hydrogen) atoms. The first-order valence-electron chi connectivity index (χ1n) is 6.93. The first kappa shape index (κ1) is 14.1. The molecule has 0 atom stereocenters. The summed E-state index contributed by atoms with van der Waals surface area (Å²) < 4.78 is 7.42. The zero-order chi connectivity index (χ0) is 15.0. The van der Waals surface area contributed by atoms with Crippen molar-refractivity contribution in [2.45, 2.75) is 31.8 Å². The zero-order valence-electron chi connectivity index (χ0n) is 11.8. The largest absolute Gasteiger partial charge is 0.484 e. The number of rotatable bonds is 4. The van der Waals surface area contributed by atoms with E-state index in [0.29, 0.717) is 23.2 Å². The van der Waals surface area contributed by atoms with Crippen LogP contribution in [0, 0.1) is 0 Å². The lowest BCUT2D eigenvalue weighted by Gasteiger charge is -2.27. The highest BCUT2D eigenvalue weighted by Gasteiger charge is 2.24. The van der Waals surface area contributed by atoms with E-state index in [4.69, 9.17) is 16.3 Å². The first-order valence-corrected chi connectivity index (χ1v) is 7.31. The van der Waals surface area contributed by atoms with E-state index in [-0.39, 0.29) is 16.9 Å². The van der Waals surface area contributed by atoms with Crippen molar-refractivity contribution >= 4 is 22.6 Å². The monoisotopic (exact) mass is 305 g/mol. The minimum Gasteiger partial charge on any atom is -0.484 e. The van der Waals surface area contributed by atoms with Crippen LogP contribution in [-0.4, -0.2) is 20.6 Å². The predicted molar refractivity (Wildman–Crippen MR) is 82.0 cm³/mol. The van der Waals surface area contributed by atoms with Gasteiger partial charge in [-0.3, -0.25) is 4.79 Å². The predicted octanol–water partition coefficient (Wildman–Crippen LogP) is 2.64. The molecule has 110 valence electrons. The Morgan fingerprint density at radius 2 is 2.33 bits per heavy atom. The van der Waals surface area contributed by atoms with Gasteiger partial charge in [0.2, 0.25) is 5.28 Å². The van der Waals surface area contributed by atoms with E-state index in [1.54, 1.807) is 19.3 Å². The van der Waals surface area contributed by atoms with E-state index in [1.807, 2.05) is 0 Å². The maximum Gasteiger partial charge on any atom is 0.293 e. The van der Waals surface area contributed by atoms with Gasteiger partial charge in [-0.15, -0.1) is 6.58 Å². The average molecular weight is 306 g/mol. The molecule has 0 bridgehead atoms. The van der Waals surface area contributed by atoms with Crippen LogP contribution in [0.5, 0.6) is 5.75 Å². The van der Waals surface area contributed by atoms with Crippen molar-refractivity contribution in [1.29, 1.82) is 0 Å². The molecule has 0 aliphatic heterocycles. The Labute approximate surface area is 127 Å². The molecule has 1 aliphatic carbocycles. The van der Waals surface area contributed by atoms with E-state index >= 15 is 0 Å². The Morgan fingerprint density at radius 1 is 1.57 bits per heavy atom. The van der Waals surface area contributed by atoms with Crippen LogP contribution in [-0.2, 0) is 13.5 Å². The summed E-state index contributed by atoms with van der Waals surface area (Å²) in [6.07, 6.45) is 7.03. The standard InChI is InChI=1S/C15H16ClN3O2/c1-3-5-10-12-11(8-17-15(16)18-12)19(2)14(20)13(10)21-9-6-4-7-9/h3,8-9H,1,4-7H2,2H3. The third kappa shape index (κ3) is 2.42. The Balaban J connectivity index is 2.27. The summed E-state index contributed by atoms with van der Waals surface area (Å²) in [5.74, 6) is 0.365. The lowest BCUT2D eigenvalue weighted by Crippen LogP contribution is -2.30. The summed E-state index contributed by atoms with van der Waals surface area (Å²) >= 11 is 5.90. The first-order chi connectivity index (χ1) is 10.1. The quantitative estimate of drug-likeness (QED) is 0.643. The molecule has 2 heterocycles. The summed E-state index contributed by atoms with van der Waals surface area (Å²) in [7, 11) is 1.69. The molecule has 6 heteroatoms. The van der Waals surface area contributed by atoms with Gasteiger partial charge in [0, 0.05) is 12.6 Å². The number of aryl methyl sites for hydroxylation is 1. The van der Waals surface area contributed by atoms with E-state index in [9.17, 15) is 4.79 Å². The SMILES string of the molecule is C=CCc1c(OC2CCC2)c(=O)n(C)c2cnc(Cl)nc12. The normalized spacial score (nSPS) is 15.0. The summed E-state index contributed by atoms with van der Waals surface area (Å²) in [5, 5.41) is 0.154. The number of pyridine rings is 1. The van der Waals surface area contributed by atoms with E-state index < -0.39 is 0 Å². The Bertz CT molecular complexity index is 766. The fraction of sp³-hybridized carbons (Fsp3) is 0.400. The van der Waals surface area contributed by atoms with Crippen molar-refractivity contribution in [2.75, 3.05) is 0 Å². The number of nitrogens with zero attached hydrogens (tertiary/aromatic N) is 3. The van der Waals surface area contributed by atoms with Crippen LogP contribution in [0.15, 0.2) is 23.6 Å². The van der Waals surface area contributed by atoms with Gasteiger partial charge < -0.3 is 9.30 Å². The molecule has 0 radical (unpaired) electrons. The van der Waals surface area contributed by atoms with Crippen LogP contribution in [0.25, 0.3) is 11.0 Å². The van der Waals surface area contributed by atoms with Gasteiger partial charge >= 0.3 is 0 Å². The fourth-order valence-electron chi connectivity index (χ4n) is 2.43. The third-order valence-corrected chi connectivity index (χ3v) is 4.03. The van der Waals surface area contributed by atoms with Crippen LogP contribution in [0.2, 0.25) is 5.28 Å². The number of ether oxygens (including phenoxy) is 1. The molecule has 0 N–H and O–H groups in total. The molecule has 0 spiro atoms. The number of allylic oxidation sites excluding steroid dienone is 1. The van der Waals surface area contributed by atoms with Crippen LogP contribution >= 0.6 is 11.6 Å². The van der Waals surface area contributed by atoms with Crippen molar-refractivity contribution in [2.24, 2.45) is 7.05 Å². The van der Waals surface area contributed by atoms with Crippen LogP contribution < -0.4 is 10.3 Å². The highest BCUT2D eigenvalue weighted by Crippen LogP contribution is 2.29. The smallest absolute Gasteiger partial charge is 0.293 e. The zero-order valence-corrected chi connectivity index (χ0v) is 12.6. The Kier molecular flexibility index (Phi) is 3.68. The highest BCUT2D eigenvalue weighted by molar-refractivity contribution is 6.28. The van der Waals surface area contributed by atoms with Gasteiger partial charge in [-0.25, -0.2) is 9.97 Å². The van der Waals surface area contributed by atoms with E-state index in [1.165, 1.54) is 4.57 Å². The molecule has 2 aromatic heterocycles. The minimum atomic E-state index is -0.169. The summed E-state index contributed by atoms with van der Waals surface area (Å²) in [5.41, 5.74) is 1.85. The highest BCUT2D eigenvalue weighted by atomic mass is 35.5. The molecule has 2 aromatic rings. The van der Waals surface area contributed by atoms with Gasteiger partial charge in [-0.05, 0) is 37.3 Å². The molecule has 0 amide bonds. The summed E-state index contributed by atoms with van der Waals surface area (Å²) in [4.78, 5) is 20.8. The number of hydrogen-bond donors (Lipinski definition) is 0. The maximum absolute atomic E-state index is 12.6. The molecule has 1 aliphatic rings. The second kappa shape index (κ2) is 5.48. The summed E-state index contributed by atoms with van der Waals surface area (Å²) in [6.45, 7) is 3.75. The van der Waals surface area contributed by atoms with Crippen molar-refractivity contribution in [3.63, 3.8) is 0 Å². The van der Waals surface area contributed by atoms with Crippen LogP contribution in [0.4, 0.5) is 0 Å². The fourth-order valence-corrected chi connectivity index (χ4v) is 2.56. The molecular formula is C15H16ClN3O2. The van der Waals surface area contributed by atoms with Gasteiger partial charge in [0.05, 0.1) is 23.3 Å². The average Bonchev–Trinajstić information content (AvgIpc) is 2.42. The number of halogens is 1. The second-order valence-corrected chi connectivity index (χ2v) is 5.55. The number of fused-ring (bicyclic) bond motifs is 1. The number of hydrogen-bond acceptors (Lipinski definition) is 4. The Hall–Kier alpha value is -1.88. The lowest BCUT2D eigenvalue weighted by atomic mass is 9.96. The number of aromatic nitrogens is 3. The minimum absolute atomic E-state index is 0.121. The second-order valence-electron chi connectivity index (χ2n) is 5.21. The third-order valence-electron chi connectivity index (χ3n) is 3.85. The molecule has 5 nitrogen and oxygen atoms in total. The van der Waals surface area contributed by atoms with Gasteiger partial charge in [0.25, 0.3) is 5.56 Å². The topological polar surface area (TPSA) is 57.0 Å². The van der Waals surface area contributed by atoms with Crippen molar-refractivity contribution in [1.82, 2.24) is 14.5 Å². The van der Waals surface area contributed by atoms with Crippen LogP contribution in [0.3, 0.4) is 0 Å². The van der Waals surface area contributed by atoms with Crippen molar-refractivity contribution < 1.29 is 4.74 Å². The molecule has 1 saturated carbocycles. The molecule has 0 saturated heterocycles. The van der Waals surface area contributed by atoms with E-state index in [0.717, 1.165) is 24.8 Å². The van der Waals surface area contributed by atoms with E-state index in [2.05, 4.69) is 16.5 Å². The molecule has 0 unspecified atom stereocenters. The van der Waals surface area contributed by atoms with Crippen molar-refractivity contribution in [3.8, 4) is 5.75 Å². The van der Waals surface area contributed by atoms with Gasteiger partial charge in [-0.1, -0.05) is 6.08 Å². The Morgan fingerprint density at radius 3 is 2.95 bits per heavy atom. The molecule has 3 rings (SSSR count). The van der Waals surface area contributed by atoms with Crippen molar-refractivity contribution in [3.05, 3.63) is 40.1 Å². The maximum atomic E-state index is 12.6. The van der Waals surface area contributed by atoms with Crippen LogP contribution in [0.1, 0.15) is 24.8 Å². The van der Waals surface area contributed by atoms with Gasteiger partial charge in [-0.2, -0.15) is 0 Å². The van der Waals surface area contributed by atoms with Gasteiger partial charge in [0.1, 0.15) is 0 Å².